The minimum atomic E-state index is -1.24. The van der Waals surface area contributed by atoms with Crippen molar-refractivity contribution in [1.29, 1.82) is 0 Å². The standard InChI is InChI=1S/C30H57N13O7/c1-16(2)24(41-17(3)45)23(47)14-19(15-44)27(50)42-20(8-5-11-39-29(34)35)22(46)13-18(7-4-10-38-28(32)33)26(49)43-21(25(31)48)9-6-12-40-30(36)37/h16,18-21,24,44H,4-15H2,1-3H3,(H2,31,48)(H,41,45)(H,42,50)(H,43,49)(H4,32,33,38)(H4,34,35,39)(H4,36,37,40)/t18-,19+,20+,21+,24+/m1/s1. The van der Waals surface area contributed by atoms with E-state index in [9.17, 15) is 33.9 Å². The molecule has 0 aliphatic carbocycles. The number of ketones is 2. The van der Waals surface area contributed by atoms with E-state index in [-0.39, 0.29) is 82.0 Å². The van der Waals surface area contributed by atoms with Crippen LogP contribution in [0.3, 0.4) is 0 Å². The monoisotopic (exact) mass is 711 g/mol. The number of aliphatic imine (C=N–C) groups is 3. The quantitative estimate of drug-likeness (QED) is 0.0231. The SMILES string of the molecule is CC(=O)N[C@H](C(=O)C[C@@H](CO)C(=O)N[C@@H](CCCN=C(N)N)C(=O)C[C@@H](CCCN=C(N)N)C(=O)N[C@@H](CCCN=C(N)N)C(N)=O)C(C)C. The number of nitrogens with two attached hydrogens (primary N) is 7. The molecule has 0 unspecified atom stereocenters. The highest BCUT2D eigenvalue weighted by Gasteiger charge is 2.33. The van der Waals surface area contributed by atoms with Gasteiger partial charge in [-0.2, -0.15) is 0 Å². The summed E-state index contributed by atoms with van der Waals surface area (Å²) < 4.78 is 0. The van der Waals surface area contributed by atoms with Crippen molar-refractivity contribution in [2.75, 3.05) is 26.2 Å². The van der Waals surface area contributed by atoms with Crippen LogP contribution in [-0.2, 0) is 28.8 Å². The van der Waals surface area contributed by atoms with Crippen molar-refractivity contribution >= 4 is 53.1 Å². The highest BCUT2D eigenvalue weighted by Crippen LogP contribution is 2.18. The number of aliphatic hydroxyl groups excluding tert-OH is 1. The molecule has 0 bridgehead atoms. The molecule has 0 rings (SSSR count). The molecule has 50 heavy (non-hydrogen) atoms. The molecule has 4 amide bonds. The fourth-order valence-corrected chi connectivity index (χ4v) is 4.89. The zero-order chi connectivity index (χ0) is 38.4. The summed E-state index contributed by atoms with van der Waals surface area (Å²) in [6.45, 7) is 4.45. The topological polar surface area (TPSA) is 378 Å². The number of hydrogen-bond acceptors (Lipinski definition) is 10. The Bertz CT molecular complexity index is 1230. The number of primary amides is 1. The van der Waals surface area contributed by atoms with Crippen molar-refractivity contribution in [3.05, 3.63) is 0 Å². The molecule has 18 N–H and O–H groups in total. The predicted molar refractivity (Wildman–Crippen MR) is 189 cm³/mol. The molecule has 0 radical (unpaired) electrons. The number of carbonyl (C=O) groups is 6. The Labute approximate surface area is 292 Å². The van der Waals surface area contributed by atoms with Crippen molar-refractivity contribution in [3.63, 3.8) is 0 Å². The van der Waals surface area contributed by atoms with E-state index in [1.807, 2.05) is 0 Å². The van der Waals surface area contributed by atoms with Crippen molar-refractivity contribution in [2.24, 2.45) is 72.9 Å². The lowest BCUT2D eigenvalue weighted by molar-refractivity contribution is -0.136. The Kier molecular flexibility index (Phi) is 21.8. The van der Waals surface area contributed by atoms with Crippen LogP contribution in [0, 0.1) is 17.8 Å². The van der Waals surface area contributed by atoms with Gasteiger partial charge in [0.2, 0.25) is 23.6 Å². The molecule has 20 heteroatoms. The van der Waals surface area contributed by atoms with E-state index in [2.05, 4.69) is 30.9 Å². The van der Waals surface area contributed by atoms with Gasteiger partial charge in [-0.1, -0.05) is 13.8 Å². The van der Waals surface area contributed by atoms with Crippen LogP contribution < -0.4 is 56.1 Å². The summed E-state index contributed by atoms with van der Waals surface area (Å²) in [6, 6.07) is -3.14. The maximum atomic E-state index is 13.8. The number of nitrogens with zero attached hydrogens (tertiary/aromatic N) is 3. The average Bonchev–Trinajstić information content (AvgIpc) is 3.01. The van der Waals surface area contributed by atoms with Gasteiger partial charge >= 0.3 is 0 Å². The molecule has 0 aromatic heterocycles. The molecule has 284 valence electrons. The molecular formula is C30H57N13O7. The van der Waals surface area contributed by atoms with Gasteiger partial charge in [0.25, 0.3) is 0 Å². The minimum Gasteiger partial charge on any atom is -0.396 e. The molecule has 0 aromatic rings. The van der Waals surface area contributed by atoms with E-state index < -0.39 is 78.2 Å². The molecular weight excluding hydrogens is 654 g/mol. The first-order valence-electron chi connectivity index (χ1n) is 16.4. The lowest BCUT2D eigenvalue weighted by Gasteiger charge is -2.25. The maximum absolute atomic E-state index is 13.8. The van der Waals surface area contributed by atoms with E-state index >= 15 is 0 Å². The zero-order valence-corrected chi connectivity index (χ0v) is 29.2. The van der Waals surface area contributed by atoms with Crippen LogP contribution >= 0.6 is 0 Å². The fraction of sp³-hybridized carbons (Fsp3) is 0.700. The molecule has 0 saturated carbocycles. The Morgan fingerprint density at radius 2 is 1.02 bits per heavy atom. The van der Waals surface area contributed by atoms with Gasteiger partial charge in [-0.05, 0) is 44.4 Å². The molecule has 0 aliphatic rings. The largest absolute Gasteiger partial charge is 0.396 e. The van der Waals surface area contributed by atoms with E-state index in [0.29, 0.717) is 6.42 Å². The molecule has 0 spiro atoms. The second-order valence-corrected chi connectivity index (χ2v) is 12.2. The van der Waals surface area contributed by atoms with Crippen molar-refractivity contribution in [2.45, 2.75) is 90.3 Å². The average molecular weight is 712 g/mol. The Hall–Kier alpha value is -5.01. The molecule has 0 heterocycles. The van der Waals surface area contributed by atoms with Crippen LogP contribution in [0.1, 0.15) is 72.1 Å². The van der Waals surface area contributed by atoms with Gasteiger partial charge in [0, 0.05) is 45.3 Å². The van der Waals surface area contributed by atoms with Crippen molar-refractivity contribution < 1.29 is 33.9 Å². The highest BCUT2D eigenvalue weighted by atomic mass is 16.3. The Balaban J connectivity index is 6.14. The third-order valence-corrected chi connectivity index (χ3v) is 7.49. The summed E-state index contributed by atoms with van der Waals surface area (Å²) in [6.07, 6.45) is 0.362. The van der Waals surface area contributed by atoms with Gasteiger partial charge in [-0.25, -0.2) is 0 Å². The summed E-state index contributed by atoms with van der Waals surface area (Å²) in [7, 11) is 0. The molecule has 0 saturated heterocycles. The minimum absolute atomic E-state index is 0.0466. The zero-order valence-electron chi connectivity index (χ0n) is 29.2. The second kappa shape index (κ2) is 24.2. The number of Topliss-reactive ketones (excluding diaryl/α,β-unsaturated/α-hetero) is 2. The number of nitrogens with one attached hydrogen (secondary N) is 3. The van der Waals surface area contributed by atoms with E-state index in [1.54, 1.807) is 13.8 Å². The highest BCUT2D eigenvalue weighted by molar-refractivity contribution is 5.96. The summed E-state index contributed by atoms with van der Waals surface area (Å²) in [5.41, 5.74) is 37.8. The van der Waals surface area contributed by atoms with Crippen LogP contribution in [0.2, 0.25) is 0 Å². The normalized spacial score (nSPS) is 13.8. The van der Waals surface area contributed by atoms with Gasteiger partial charge in [0.15, 0.2) is 29.4 Å². The maximum Gasteiger partial charge on any atom is 0.240 e. The van der Waals surface area contributed by atoms with E-state index in [1.165, 1.54) is 6.92 Å². The number of guanidine groups is 3. The summed E-state index contributed by atoms with van der Waals surface area (Å²) in [5.74, 6) is -6.66. The summed E-state index contributed by atoms with van der Waals surface area (Å²) in [4.78, 5) is 88.9. The summed E-state index contributed by atoms with van der Waals surface area (Å²) in [5, 5.41) is 17.8. The number of carbonyl (C=O) groups excluding carboxylic acids is 6. The van der Waals surface area contributed by atoms with Gasteiger partial charge < -0.3 is 61.2 Å². The Morgan fingerprint density at radius 1 is 0.600 bits per heavy atom. The first-order valence-corrected chi connectivity index (χ1v) is 16.4. The smallest absolute Gasteiger partial charge is 0.240 e. The molecule has 0 fully saturated rings. The third kappa shape index (κ3) is 19.7. The predicted octanol–water partition coefficient (Wildman–Crippen LogP) is -4.09. The number of aliphatic hydroxyl groups is 1. The molecule has 20 nitrogen and oxygen atoms in total. The second-order valence-electron chi connectivity index (χ2n) is 12.2. The van der Waals surface area contributed by atoms with Crippen LogP contribution in [0.4, 0.5) is 0 Å². The van der Waals surface area contributed by atoms with Crippen LogP contribution in [0.15, 0.2) is 15.0 Å². The lowest BCUT2D eigenvalue weighted by Crippen LogP contribution is -2.49. The third-order valence-electron chi connectivity index (χ3n) is 7.49. The van der Waals surface area contributed by atoms with Crippen LogP contribution in [0.5, 0.6) is 0 Å². The van der Waals surface area contributed by atoms with Gasteiger partial charge in [0.05, 0.1) is 24.6 Å². The summed E-state index contributed by atoms with van der Waals surface area (Å²) >= 11 is 0. The number of rotatable bonds is 26. The molecule has 5 atom stereocenters. The van der Waals surface area contributed by atoms with Crippen molar-refractivity contribution in [3.8, 4) is 0 Å². The first-order chi connectivity index (χ1) is 23.4. The Morgan fingerprint density at radius 3 is 1.44 bits per heavy atom. The van der Waals surface area contributed by atoms with Crippen LogP contribution in [-0.4, -0.2) is 103 Å². The number of hydrogen-bond donors (Lipinski definition) is 11. The van der Waals surface area contributed by atoms with Gasteiger partial charge in [-0.15, -0.1) is 0 Å². The molecule has 0 aromatic carbocycles. The van der Waals surface area contributed by atoms with Gasteiger partial charge in [0.1, 0.15) is 6.04 Å². The first kappa shape index (κ1) is 45.0. The molecule has 0 aliphatic heterocycles. The van der Waals surface area contributed by atoms with E-state index in [4.69, 9.17) is 40.1 Å². The number of amides is 4. The lowest BCUT2D eigenvalue weighted by atomic mass is 9.90. The van der Waals surface area contributed by atoms with E-state index in [0.717, 1.165) is 0 Å². The van der Waals surface area contributed by atoms with Crippen molar-refractivity contribution in [1.82, 2.24) is 16.0 Å². The van der Waals surface area contributed by atoms with Crippen LogP contribution in [0.25, 0.3) is 0 Å². The van der Waals surface area contributed by atoms with Gasteiger partial charge in [-0.3, -0.25) is 43.7 Å². The fourth-order valence-electron chi connectivity index (χ4n) is 4.89.